The topological polar surface area (TPSA) is 45.2 Å². The average Bonchev–Trinajstić information content (AvgIpc) is 2.69. The Morgan fingerprint density at radius 2 is 1.76 bits per heavy atom. The third-order valence-corrected chi connectivity index (χ3v) is 4.52. The van der Waals surface area contributed by atoms with Crippen LogP contribution in [0.2, 0.25) is 0 Å². The molecule has 0 bridgehead atoms. The predicted molar refractivity (Wildman–Crippen MR) is 99.7 cm³/mol. The van der Waals surface area contributed by atoms with Gasteiger partial charge in [0.2, 0.25) is 0 Å². The lowest BCUT2D eigenvalue weighted by molar-refractivity contribution is 0.0974. The van der Waals surface area contributed by atoms with Crippen molar-refractivity contribution in [3.8, 4) is 0 Å². The van der Waals surface area contributed by atoms with Gasteiger partial charge in [-0.2, -0.15) is 0 Å². The van der Waals surface area contributed by atoms with Crippen LogP contribution in [0, 0.1) is 0 Å². The maximum atomic E-state index is 13.2. The molecule has 4 rings (SSSR count). The van der Waals surface area contributed by atoms with Crippen LogP contribution in [-0.4, -0.2) is 10.9 Å². The Morgan fingerprint density at radius 1 is 1.00 bits per heavy atom. The van der Waals surface area contributed by atoms with Gasteiger partial charge < -0.3 is 5.32 Å². The molecule has 1 aromatic heterocycles. The first-order chi connectivity index (χ1) is 12.3. The summed E-state index contributed by atoms with van der Waals surface area (Å²) >= 11 is 0. The van der Waals surface area contributed by atoms with Gasteiger partial charge in [-0.1, -0.05) is 37.3 Å². The highest BCUT2D eigenvalue weighted by molar-refractivity contribution is 6.12. The highest BCUT2D eigenvalue weighted by atomic mass is 16.2. The predicted octanol–water partition coefficient (Wildman–Crippen LogP) is 4.42. The van der Waals surface area contributed by atoms with Gasteiger partial charge in [0.15, 0.2) is 6.17 Å². The Hall–Kier alpha value is -3.14. The molecule has 0 fully saturated rings. The fraction of sp³-hybridized carbons (Fsp3) is 0.143. The maximum Gasteiger partial charge on any atom is 0.262 e. The van der Waals surface area contributed by atoms with E-state index in [0.29, 0.717) is 5.56 Å². The number of amides is 1. The number of nitrogens with zero attached hydrogens (tertiary/aromatic N) is 2. The van der Waals surface area contributed by atoms with Crippen molar-refractivity contribution in [3.05, 3.63) is 89.7 Å². The van der Waals surface area contributed by atoms with Crippen LogP contribution in [0.25, 0.3) is 0 Å². The molecule has 0 saturated carbocycles. The number of aromatic nitrogens is 1. The van der Waals surface area contributed by atoms with E-state index in [4.69, 9.17) is 0 Å². The Morgan fingerprint density at radius 3 is 2.48 bits per heavy atom. The molecule has 0 radical (unpaired) electrons. The van der Waals surface area contributed by atoms with Crippen LogP contribution in [0.3, 0.4) is 0 Å². The summed E-state index contributed by atoms with van der Waals surface area (Å²) in [5.41, 5.74) is 4.43. The first kappa shape index (κ1) is 15.4. The van der Waals surface area contributed by atoms with Gasteiger partial charge in [-0.15, -0.1) is 0 Å². The molecule has 0 aliphatic carbocycles. The molecule has 1 N–H and O–H groups in total. The van der Waals surface area contributed by atoms with Crippen LogP contribution in [0.4, 0.5) is 11.4 Å². The van der Waals surface area contributed by atoms with Crippen LogP contribution in [0.1, 0.15) is 34.7 Å². The molecule has 1 amide bonds. The number of hydrogen-bond donors (Lipinski definition) is 1. The van der Waals surface area contributed by atoms with E-state index in [1.807, 2.05) is 54.6 Å². The van der Waals surface area contributed by atoms with Gasteiger partial charge >= 0.3 is 0 Å². The van der Waals surface area contributed by atoms with Crippen molar-refractivity contribution < 1.29 is 4.79 Å². The number of pyridine rings is 1. The van der Waals surface area contributed by atoms with E-state index < -0.39 is 0 Å². The van der Waals surface area contributed by atoms with Gasteiger partial charge in [0, 0.05) is 17.6 Å². The highest BCUT2D eigenvalue weighted by Crippen LogP contribution is 2.35. The molecule has 0 spiro atoms. The molecule has 1 atom stereocenters. The SMILES string of the molecule is CCc1ccc(N2C(=O)c3ccccc3N[C@@H]2c2ccccn2)cc1. The fourth-order valence-corrected chi connectivity index (χ4v) is 3.16. The molecular weight excluding hydrogens is 310 g/mol. The van der Waals surface area contributed by atoms with Crippen LogP contribution in [0.15, 0.2) is 72.9 Å². The van der Waals surface area contributed by atoms with Crippen LogP contribution < -0.4 is 10.2 Å². The van der Waals surface area contributed by atoms with Gasteiger partial charge in [-0.3, -0.25) is 14.7 Å². The highest BCUT2D eigenvalue weighted by Gasteiger charge is 2.34. The van der Waals surface area contributed by atoms with Gasteiger partial charge in [-0.25, -0.2) is 0 Å². The summed E-state index contributed by atoms with van der Waals surface area (Å²) in [6.45, 7) is 2.12. The summed E-state index contributed by atoms with van der Waals surface area (Å²) in [6.07, 6.45) is 2.38. The van der Waals surface area contributed by atoms with Crippen LogP contribution in [-0.2, 0) is 6.42 Å². The van der Waals surface area contributed by atoms with Crippen LogP contribution in [0.5, 0.6) is 0 Å². The van der Waals surface area contributed by atoms with Crippen LogP contribution >= 0.6 is 0 Å². The van der Waals surface area contributed by atoms with Gasteiger partial charge in [0.25, 0.3) is 5.91 Å². The number of nitrogens with one attached hydrogen (secondary N) is 1. The molecule has 3 aromatic rings. The van der Waals surface area contributed by atoms with Gasteiger partial charge in [0.1, 0.15) is 0 Å². The zero-order valence-corrected chi connectivity index (χ0v) is 14.0. The number of para-hydroxylation sites is 1. The molecule has 0 saturated heterocycles. The van der Waals surface area contributed by atoms with E-state index >= 15 is 0 Å². The first-order valence-electron chi connectivity index (χ1n) is 8.47. The molecule has 4 heteroatoms. The van der Waals surface area contributed by atoms with E-state index in [2.05, 4.69) is 29.4 Å². The van der Waals surface area contributed by atoms with E-state index in [1.54, 1.807) is 11.1 Å². The van der Waals surface area contributed by atoms with Gasteiger partial charge in [-0.05, 0) is 48.4 Å². The van der Waals surface area contributed by atoms with Crippen molar-refractivity contribution in [2.24, 2.45) is 0 Å². The molecule has 4 nitrogen and oxygen atoms in total. The van der Waals surface area contributed by atoms with E-state index in [9.17, 15) is 4.79 Å². The minimum Gasteiger partial charge on any atom is -0.359 e. The molecule has 1 aliphatic heterocycles. The summed E-state index contributed by atoms with van der Waals surface area (Å²) in [6, 6.07) is 21.5. The lowest BCUT2D eigenvalue weighted by Crippen LogP contribution is -2.43. The second-order valence-corrected chi connectivity index (χ2v) is 6.04. The number of carbonyl (C=O) groups is 1. The Kier molecular flexibility index (Phi) is 3.94. The van der Waals surface area contributed by atoms with E-state index in [-0.39, 0.29) is 12.1 Å². The van der Waals surface area contributed by atoms with Crippen molar-refractivity contribution in [1.29, 1.82) is 0 Å². The third kappa shape index (κ3) is 2.76. The first-order valence-corrected chi connectivity index (χ1v) is 8.47. The molecule has 124 valence electrons. The summed E-state index contributed by atoms with van der Waals surface area (Å²) in [5, 5.41) is 3.46. The Balaban J connectivity index is 1.83. The number of aryl methyl sites for hydroxylation is 1. The minimum absolute atomic E-state index is 0.0192. The molecule has 0 unspecified atom stereocenters. The zero-order chi connectivity index (χ0) is 17.2. The lowest BCUT2D eigenvalue weighted by Gasteiger charge is -2.37. The Labute approximate surface area is 147 Å². The van der Waals surface area contributed by atoms with Crippen molar-refractivity contribution in [2.75, 3.05) is 10.2 Å². The monoisotopic (exact) mass is 329 g/mol. The summed E-state index contributed by atoms with van der Waals surface area (Å²) in [5.74, 6) is -0.0192. The second kappa shape index (κ2) is 6.40. The molecule has 2 aromatic carbocycles. The van der Waals surface area contributed by atoms with Gasteiger partial charge in [0.05, 0.1) is 11.3 Å². The number of benzene rings is 2. The second-order valence-electron chi connectivity index (χ2n) is 6.04. The zero-order valence-electron chi connectivity index (χ0n) is 14.0. The standard InChI is InChI=1S/C21H19N3O/c1-2-15-10-12-16(13-11-15)24-20(19-9-5-6-14-22-19)23-18-8-4-3-7-17(18)21(24)25/h3-14,20,23H,2H2,1H3/t20-/m0/s1. The molecular formula is C21H19N3O. The molecule has 1 aliphatic rings. The fourth-order valence-electron chi connectivity index (χ4n) is 3.16. The van der Waals surface area contributed by atoms with Crippen molar-refractivity contribution in [1.82, 2.24) is 4.98 Å². The summed E-state index contributed by atoms with van der Waals surface area (Å²) in [7, 11) is 0. The number of hydrogen-bond acceptors (Lipinski definition) is 3. The minimum atomic E-state index is -0.337. The quantitative estimate of drug-likeness (QED) is 0.774. The average molecular weight is 329 g/mol. The summed E-state index contributed by atoms with van der Waals surface area (Å²) in [4.78, 5) is 19.5. The maximum absolute atomic E-state index is 13.2. The smallest absolute Gasteiger partial charge is 0.262 e. The van der Waals surface area contributed by atoms with Crippen molar-refractivity contribution in [3.63, 3.8) is 0 Å². The number of anilines is 2. The van der Waals surface area contributed by atoms with E-state index in [0.717, 1.165) is 23.5 Å². The number of carbonyl (C=O) groups excluding carboxylic acids is 1. The Bertz CT molecular complexity index is 891. The molecule has 25 heavy (non-hydrogen) atoms. The number of fused-ring (bicyclic) bond motifs is 1. The van der Waals surface area contributed by atoms with Crippen molar-refractivity contribution >= 4 is 17.3 Å². The summed E-state index contributed by atoms with van der Waals surface area (Å²) < 4.78 is 0. The normalized spacial score (nSPS) is 16.3. The van der Waals surface area contributed by atoms with E-state index in [1.165, 1.54) is 5.56 Å². The lowest BCUT2D eigenvalue weighted by atomic mass is 10.0. The molecule has 2 heterocycles. The third-order valence-electron chi connectivity index (χ3n) is 4.52. The van der Waals surface area contributed by atoms with Crippen molar-refractivity contribution in [2.45, 2.75) is 19.5 Å². The number of rotatable bonds is 3. The largest absolute Gasteiger partial charge is 0.359 e.